The Balaban J connectivity index is 1.40. The number of aromatic hydroxyl groups is 1. The standard InChI is InChI=1S/C28H26F3NO3/c1-17-25(19-2-6-21(30)7-3-19)28(35-24-11-10-23(33)27(31)26(17)24)20-4-8-22(9-5-20)34-13-12-32-15-18(14-29)16-32/h2-11,18,28,33H,12-16H2,1H3/t28-/m1/s1. The van der Waals surface area contributed by atoms with Gasteiger partial charge in [-0.15, -0.1) is 0 Å². The lowest BCUT2D eigenvalue weighted by atomic mass is 9.86. The zero-order valence-corrected chi connectivity index (χ0v) is 19.3. The zero-order chi connectivity index (χ0) is 24.5. The van der Waals surface area contributed by atoms with Crippen LogP contribution in [0.2, 0.25) is 0 Å². The number of phenolic OH excluding ortho intramolecular Hbond substituents is 1. The molecule has 1 atom stereocenters. The van der Waals surface area contributed by atoms with Crippen LogP contribution in [-0.2, 0) is 0 Å². The molecule has 0 saturated carbocycles. The number of hydrogen-bond donors (Lipinski definition) is 1. The minimum atomic E-state index is -0.748. The first-order chi connectivity index (χ1) is 16.9. The average Bonchev–Trinajstić information content (AvgIpc) is 2.84. The van der Waals surface area contributed by atoms with Crippen molar-refractivity contribution in [2.75, 3.05) is 32.9 Å². The highest BCUT2D eigenvalue weighted by Crippen LogP contribution is 2.48. The van der Waals surface area contributed by atoms with Crippen molar-refractivity contribution in [3.63, 3.8) is 0 Å². The molecule has 2 aliphatic heterocycles. The molecule has 4 nitrogen and oxygen atoms in total. The molecule has 1 fully saturated rings. The molecule has 0 radical (unpaired) electrons. The Morgan fingerprint density at radius 2 is 1.71 bits per heavy atom. The Hall–Kier alpha value is -3.45. The lowest BCUT2D eigenvalue weighted by Crippen LogP contribution is -2.49. The van der Waals surface area contributed by atoms with Crippen LogP contribution in [-0.4, -0.2) is 42.9 Å². The first kappa shape index (κ1) is 23.3. The van der Waals surface area contributed by atoms with Crippen LogP contribution in [0.15, 0.2) is 60.7 Å². The largest absolute Gasteiger partial charge is 0.505 e. The van der Waals surface area contributed by atoms with Gasteiger partial charge in [0.05, 0.1) is 12.2 Å². The van der Waals surface area contributed by atoms with Crippen LogP contribution < -0.4 is 9.47 Å². The molecule has 0 aromatic heterocycles. The van der Waals surface area contributed by atoms with E-state index in [1.165, 1.54) is 18.2 Å². The predicted molar refractivity (Wildman–Crippen MR) is 128 cm³/mol. The summed E-state index contributed by atoms with van der Waals surface area (Å²) in [7, 11) is 0. The molecule has 182 valence electrons. The summed E-state index contributed by atoms with van der Waals surface area (Å²) in [6.07, 6.45) is -0.565. The van der Waals surface area contributed by atoms with Crippen LogP contribution in [0.25, 0.3) is 11.1 Å². The van der Waals surface area contributed by atoms with E-state index in [1.54, 1.807) is 25.1 Å². The van der Waals surface area contributed by atoms with Crippen LogP contribution >= 0.6 is 0 Å². The van der Waals surface area contributed by atoms with Crippen molar-refractivity contribution in [3.8, 4) is 17.2 Å². The third-order valence-electron chi connectivity index (χ3n) is 6.63. The van der Waals surface area contributed by atoms with Crippen LogP contribution in [0.4, 0.5) is 13.2 Å². The molecular weight excluding hydrogens is 455 g/mol. The maximum atomic E-state index is 14.9. The molecule has 0 unspecified atom stereocenters. The maximum Gasteiger partial charge on any atom is 0.176 e. The number of benzene rings is 3. The summed E-state index contributed by atoms with van der Waals surface area (Å²) in [4.78, 5) is 2.16. The highest BCUT2D eigenvalue weighted by molar-refractivity contribution is 5.95. The molecular formula is C28H26F3NO3. The monoisotopic (exact) mass is 481 g/mol. The highest BCUT2D eigenvalue weighted by Gasteiger charge is 2.32. The second kappa shape index (κ2) is 9.66. The molecule has 0 amide bonds. The number of fused-ring (bicyclic) bond motifs is 1. The van der Waals surface area contributed by atoms with Crippen molar-refractivity contribution in [1.82, 2.24) is 4.90 Å². The van der Waals surface area contributed by atoms with Gasteiger partial charge in [-0.25, -0.2) is 8.78 Å². The number of nitrogens with zero attached hydrogens (tertiary/aromatic N) is 1. The van der Waals surface area contributed by atoms with Gasteiger partial charge in [-0.2, -0.15) is 0 Å². The van der Waals surface area contributed by atoms with Gasteiger partial charge < -0.3 is 14.6 Å². The van der Waals surface area contributed by atoms with Gasteiger partial charge in [-0.1, -0.05) is 24.3 Å². The smallest absolute Gasteiger partial charge is 0.176 e. The van der Waals surface area contributed by atoms with E-state index < -0.39 is 17.7 Å². The molecule has 3 aromatic carbocycles. The molecule has 3 aromatic rings. The highest BCUT2D eigenvalue weighted by atomic mass is 19.1. The van der Waals surface area contributed by atoms with Gasteiger partial charge in [0.2, 0.25) is 0 Å². The van der Waals surface area contributed by atoms with Gasteiger partial charge in [-0.05, 0) is 60.0 Å². The summed E-state index contributed by atoms with van der Waals surface area (Å²) < 4.78 is 53.1. The lowest BCUT2D eigenvalue weighted by molar-refractivity contribution is 0.0668. The van der Waals surface area contributed by atoms with E-state index in [0.717, 1.165) is 25.2 Å². The van der Waals surface area contributed by atoms with Crippen LogP contribution in [0.3, 0.4) is 0 Å². The number of allylic oxidation sites excluding steroid dienone is 1. The predicted octanol–water partition coefficient (Wildman–Crippen LogP) is 6.01. The van der Waals surface area contributed by atoms with Crippen molar-refractivity contribution < 1.29 is 27.8 Å². The lowest BCUT2D eigenvalue weighted by Gasteiger charge is -2.37. The first-order valence-corrected chi connectivity index (χ1v) is 11.6. The Morgan fingerprint density at radius 1 is 1.00 bits per heavy atom. The van der Waals surface area contributed by atoms with E-state index in [2.05, 4.69) is 4.90 Å². The maximum absolute atomic E-state index is 14.9. The van der Waals surface area contributed by atoms with Crippen molar-refractivity contribution in [3.05, 3.63) is 89.0 Å². The number of likely N-dealkylation sites (tertiary alicyclic amines) is 1. The van der Waals surface area contributed by atoms with Crippen LogP contribution in [0.1, 0.15) is 29.7 Å². The topological polar surface area (TPSA) is 41.9 Å². The molecule has 5 rings (SSSR count). The molecule has 1 N–H and O–H groups in total. The van der Waals surface area contributed by atoms with Gasteiger partial charge in [-0.3, -0.25) is 9.29 Å². The van der Waals surface area contributed by atoms with Gasteiger partial charge >= 0.3 is 0 Å². The second-order valence-corrected chi connectivity index (χ2v) is 9.01. The van der Waals surface area contributed by atoms with E-state index in [4.69, 9.17) is 9.47 Å². The van der Waals surface area contributed by atoms with E-state index in [1.807, 2.05) is 24.3 Å². The van der Waals surface area contributed by atoms with E-state index in [0.29, 0.717) is 34.8 Å². The summed E-state index contributed by atoms with van der Waals surface area (Å²) in [5.74, 6) is -0.392. The van der Waals surface area contributed by atoms with Crippen LogP contribution in [0, 0.1) is 17.6 Å². The van der Waals surface area contributed by atoms with Crippen molar-refractivity contribution in [2.24, 2.45) is 5.92 Å². The SMILES string of the molecule is CC1=C(c2ccc(F)cc2)[C@@H](c2ccc(OCCN3CC(CF)C3)cc2)Oc2ccc(O)c(F)c21. The molecule has 2 aliphatic rings. The Labute approximate surface area is 202 Å². The number of halogens is 3. The summed E-state index contributed by atoms with van der Waals surface area (Å²) in [5.41, 5.74) is 3.02. The van der Waals surface area contributed by atoms with Crippen molar-refractivity contribution in [1.29, 1.82) is 0 Å². The van der Waals surface area contributed by atoms with Gasteiger partial charge in [0.15, 0.2) is 11.6 Å². The zero-order valence-electron chi connectivity index (χ0n) is 19.3. The number of ether oxygens (including phenoxy) is 2. The minimum absolute atomic E-state index is 0.152. The van der Waals surface area contributed by atoms with Gasteiger partial charge in [0.1, 0.15) is 30.0 Å². The molecule has 2 heterocycles. The number of alkyl halides is 1. The Morgan fingerprint density at radius 3 is 2.40 bits per heavy atom. The number of phenols is 1. The minimum Gasteiger partial charge on any atom is -0.505 e. The Kier molecular flexibility index (Phi) is 6.43. The molecule has 7 heteroatoms. The summed E-state index contributed by atoms with van der Waals surface area (Å²) in [6.45, 7) is 4.31. The van der Waals surface area contributed by atoms with E-state index in [9.17, 15) is 18.3 Å². The normalized spacial score (nSPS) is 18.1. The summed E-state index contributed by atoms with van der Waals surface area (Å²) >= 11 is 0. The number of rotatable bonds is 7. The molecule has 0 spiro atoms. The summed E-state index contributed by atoms with van der Waals surface area (Å²) in [6, 6.07) is 16.3. The fourth-order valence-corrected chi connectivity index (χ4v) is 4.73. The van der Waals surface area contributed by atoms with Crippen molar-refractivity contribution >= 4 is 11.1 Å². The summed E-state index contributed by atoms with van der Waals surface area (Å²) in [5, 5.41) is 9.91. The Bertz CT molecular complexity index is 1240. The molecule has 35 heavy (non-hydrogen) atoms. The number of hydrogen-bond acceptors (Lipinski definition) is 4. The molecule has 1 saturated heterocycles. The van der Waals surface area contributed by atoms with Crippen LogP contribution in [0.5, 0.6) is 17.2 Å². The third kappa shape index (κ3) is 4.60. The fraction of sp³-hybridized carbons (Fsp3) is 0.286. The van der Waals surface area contributed by atoms with Crippen molar-refractivity contribution in [2.45, 2.75) is 13.0 Å². The average molecular weight is 482 g/mol. The van der Waals surface area contributed by atoms with Gasteiger partial charge in [0.25, 0.3) is 0 Å². The molecule has 0 bridgehead atoms. The molecule has 0 aliphatic carbocycles. The quantitative estimate of drug-likeness (QED) is 0.449. The van der Waals surface area contributed by atoms with E-state index >= 15 is 0 Å². The van der Waals surface area contributed by atoms with Gasteiger partial charge in [0, 0.05) is 31.1 Å². The van der Waals surface area contributed by atoms with E-state index in [-0.39, 0.29) is 24.0 Å². The fourth-order valence-electron chi connectivity index (χ4n) is 4.73. The third-order valence-corrected chi connectivity index (χ3v) is 6.63. The first-order valence-electron chi connectivity index (χ1n) is 11.6. The second-order valence-electron chi connectivity index (χ2n) is 9.01.